The summed E-state index contributed by atoms with van der Waals surface area (Å²) in [6.07, 6.45) is -0.128. The number of halogens is 3. The largest absolute Gasteiger partial charge is 0.431 e. The lowest BCUT2D eigenvalue weighted by molar-refractivity contribution is -0.158. The van der Waals surface area contributed by atoms with Crippen LogP contribution in [0.3, 0.4) is 0 Å². The van der Waals surface area contributed by atoms with E-state index in [0.717, 1.165) is 37.7 Å². The summed E-state index contributed by atoms with van der Waals surface area (Å²) >= 11 is 0. The predicted octanol–water partition coefficient (Wildman–Crippen LogP) is 4.91. The van der Waals surface area contributed by atoms with E-state index in [9.17, 15) is 23.1 Å². The second kappa shape index (κ2) is 8.87. The molecule has 0 saturated heterocycles. The summed E-state index contributed by atoms with van der Waals surface area (Å²) in [6, 6.07) is 6.61. The summed E-state index contributed by atoms with van der Waals surface area (Å²) in [5, 5.41) is 15.1. The van der Waals surface area contributed by atoms with Gasteiger partial charge in [-0.25, -0.2) is 0 Å². The van der Waals surface area contributed by atoms with E-state index in [0.29, 0.717) is 11.4 Å². The van der Waals surface area contributed by atoms with Gasteiger partial charge in [-0.3, -0.25) is 4.79 Å². The van der Waals surface area contributed by atoms with Gasteiger partial charge in [0.1, 0.15) is 5.71 Å². The van der Waals surface area contributed by atoms with Crippen molar-refractivity contribution in [2.45, 2.75) is 77.1 Å². The first-order valence-electron chi connectivity index (χ1n) is 9.52. The molecule has 27 heavy (non-hydrogen) atoms. The summed E-state index contributed by atoms with van der Waals surface area (Å²) in [7, 11) is 0. The average Bonchev–Trinajstić information content (AvgIpc) is 3.01. The zero-order chi connectivity index (χ0) is 20.1. The number of amides is 1. The van der Waals surface area contributed by atoms with E-state index in [1.165, 1.54) is 0 Å². The van der Waals surface area contributed by atoms with Crippen LogP contribution in [0.1, 0.15) is 69.9 Å². The van der Waals surface area contributed by atoms with E-state index in [4.69, 9.17) is 0 Å². The molecule has 0 radical (unpaired) electrons. The van der Waals surface area contributed by atoms with Gasteiger partial charge in [-0.05, 0) is 18.4 Å². The zero-order valence-corrected chi connectivity index (χ0v) is 15.9. The third kappa shape index (κ3) is 5.09. The second-order valence-electron chi connectivity index (χ2n) is 6.96. The number of aryl methyl sites for hydroxylation is 1. The molecule has 1 aromatic rings. The van der Waals surface area contributed by atoms with Gasteiger partial charge in [0.05, 0.1) is 6.42 Å². The van der Waals surface area contributed by atoms with E-state index in [1.807, 2.05) is 6.92 Å². The summed E-state index contributed by atoms with van der Waals surface area (Å²) < 4.78 is 39.6. The van der Waals surface area contributed by atoms with Crippen LogP contribution in [0.15, 0.2) is 29.4 Å². The standard InChI is InChI=1S/C20H27F3N2O2/c1-3-5-6-7-8-9-18(26)25-19(27,14-17(24-25)20(21,22)23)16-12-10-15(4-2)11-13-16/h10-13,27H,3-9,14H2,1-2H3/t19-/m1/s1. The van der Waals surface area contributed by atoms with Crippen molar-refractivity contribution in [3.05, 3.63) is 35.4 Å². The highest BCUT2D eigenvalue weighted by Crippen LogP contribution is 2.40. The minimum Gasteiger partial charge on any atom is -0.365 e. The number of aliphatic hydroxyl groups is 1. The lowest BCUT2D eigenvalue weighted by Crippen LogP contribution is -2.43. The van der Waals surface area contributed by atoms with E-state index in [1.54, 1.807) is 24.3 Å². The Labute approximate surface area is 158 Å². The minimum atomic E-state index is -4.69. The van der Waals surface area contributed by atoms with Gasteiger partial charge in [-0.15, -0.1) is 0 Å². The van der Waals surface area contributed by atoms with Gasteiger partial charge in [-0.1, -0.05) is 63.8 Å². The number of unbranched alkanes of at least 4 members (excludes halogenated alkanes) is 4. The van der Waals surface area contributed by atoms with Crippen molar-refractivity contribution < 1.29 is 23.1 Å². The molecular weight excluding hydrogens is 357 g/mol. The van der Waals surface area contributed by atoms with Crippen LogP contribution in [0.5, 0.6) is 0 Å². The van der Waals surface area contributed by atoms with Crippen LogP contribution in [0.25, 0.3) is 0 Å². The van der Waals surface area contributed by atoms with Gasteiger partial charge in [-0.2, -0.15) is 23.3 Å². The maximum Gasteiger partial charge on any atom is 0.431 e. The van der Waals surface area contributed by atoms with Gasteiger partial charge in [0.2, 0.25) is 5.91 Å². The van der Waals surface area contributed by atoms with Crippen molar-refractivity contribution in [1.82, 2.24) is 5.01 Å². The van der Waals surface area contributed by atoms with Crippen LogP contribution in [0, 0.1) is 0 Å². The minimum absolute atomic E-state index is 0.0632. The molecular formula is C20H27F3N2O2. The van der Waals surface area contributed by atoms with Crippen LogP contribution < -0.4 is 0 Å². The van der Waals surface area contributed by atoms with Crippen LogP contribution in [0.4, 0.5) is 13.2 Å². The first-order valence-corrected chi connectivity index (χ1v) is 9.52. The fraction of sp³-hybridized carbons (Fsp3) is 0.600. The number of alkyl halides is 3. The van der Waals surface area contributed by atoms with Crippen molar-refractivity contribution in [3.8, 4) is 0 Å². The number of hydrogen-bond acceptors (Lipinski definition) is 3. The van der Waals surface area contributed by atoms with Crippen molar-refractivity contribution in [2.24, 2.45) is 5.10 Å². The molecule has 2 rings (SSSR count). The van der Waals surface area contributed by atoms with Crippen LogP contribution in [-0.4, -0.2) is 27.9 Å². The fourth-order valence-corrected chi connectivity index (χ4v) is 3.18. The lowest BCUT2D eigenvalue weighted by Gasteiger charge is -2.31. The van der Waals surface area contributed by atoms with E-state index in [-0.39, 0.29) is 12.0 Å². The SMILES string of the molecule is CCCCCCCC(=O)N1N=C(C(F)(F)F)C[C@@]1(O)c1ccc(CC)cc1. The van der Waals surface area contributed by atoms with Gasteiger partial charge in [0, 0.05) is 12.0 Å². The third-order valence-corrected chi connectivity index (χ3v) is 4.87. The maximum atomic E-state index is 13.2. The summed E-state index contributed by atoms with van der Waals surface area (Å²) in [4.78, 5) is 12.6. The molecule has 1 aliphatic rings. The average molecular weight is 384 g/mol. The smallest absolute Gasteiger partial charge is 0.365 e. The summed E-state index contributed by atoms with van der Waals surface area (Å²) in [5.74, 6) is -0.590. The van der Waals surface area contributed by atoms with Crippen molar-refractivity contribution in [2.75, 3.05) is 0 Å². The van der Waals surface area contributed by atoms with Crippen LogP contribution in [0.2, 0.25) is 0 Å². The van der Waals surface area contributed by atoms with Crippen molar-refractivity contribution in [3.63, 3.8) is 0 Å². The molecule has 150 valence electrons. The molecule has 4 nitrogen and oxygen atoms in total. The molecule has 7 heteroatoms. The number of hydrogen-bond donors (Lipinski definition) is 1. The molecule has 1 aliphatic heterocycles. The fourth-order valence-electron chi connectivity index (χ4n) is 3.18. The monoisotopic (exact) mass is 384 g/mol. The van der Waals surface area contributed by atoms with Gasteiger partial charge in [0.15, 0.2) is 5.72 Å². The number of rotatable bonds is 8. The molecule has 0 unspecified atom stereocenters. The molecule has 0 aliphatic carbocycles. The van der Waals surface area contributed by atoms with Gasteiger partial charge in [0.25, 0.3) is 0 Å². The molecule has 1 aromatic carbocycles. The molecule has 0 bridgehead atoms. The zero-order valence-electron chi connectivity index (χ0n) is 15.9. The first-order chi connectivity index (χ1) is 12.7. The highest BCUT2D eigenvalue weighted by Gasteiger charge is 2.52. The van der Waals surface area contributed by atoms with E-state index in [2.05, 4.69) is 12.0 Å². The quantitative estimate of drug-likeness (QED) is 0.648. The van der Waals surface area contributed by atoms with Crippen LogP contribution in [-0.2, 0) is 16.9 Å². The number of carbonyl (C=O) groups excluding carboxylic acids is 1. The lowest BCUT2D eigenvalue weighted by atomic mass is 9.95. The molecule has 1 amide bonds. The molecule has 1 atom stereocenters. The Morgan fingerprint density at radius 3 is 2.33 bits per heavy atom. The van der Waals surface area contributed by atoms with Gasteiger partial charge < -0.3 is 5.11 Å². The Bertz CT molecular complexity index is 671. The molecule has 1 heterocycles. The van der Waals surface area contributed by atoms with Crippen LogP contribution >= 0.6 is 0 Å². The molecule has 0 spiro atoms. The second-order valence-corrected chi connectivity index (χ2v) is 6.96. The Kier molecular flexibility index (Phi) is 7.03. The number of hydrazone groups is 1. The predicted molar refractivity (Wildman–Crippen MR) is 98.0 cm³/mol. The first kappa shape index (κ1) is 21.4. The number of carbonyl (C=O) groups is 1. The van der Waals surface area contributed by atoms with Gasteiger partial charge >= 0.3 is 6.18 Å². The molecule has 1 N–H and O–H groups in total. The van der Waals surface area contributed by atoms with E-state index < -0.39 is 29.9 Å². The summed E-state index contributed by atoms with van der Waals surface area (Å²) in [6.45, 7) is 4.03. The maximum absolute atomic E-state index is 13.2. The molecule has 0 aromatic heterocycles. The Morgan fingerprint density at radius 2 is 1.78 bits per heavy atom. The van der Waals surface area contributed by atoms with Crippen molar-refractivity contribution in [1.29, 1.82) is 0 Å². The summed E-state index contributed by atoms with van der Waals surface area (Å²) in [5.41, 5.74) is -2.01. The van der Waals surface area contributed by atoms with Crippen molar-refractivity contribution >= 4 is 11.6 Å². The Hall–Kier alpha value is -1.89. The number of nitrogens with zero attached hydrogens (tertiary/aromatic N) is 2. The van der Waals surface area contributed by atoms with E-state index >= 15 is 0 Å². The highest BCUT2D eigenvalue weighted by molar-refractivity contribution is 5.94. The topological polar surface area (TPSA) is 52.9 Å². The molecule has 0 fully saturated rings. The number of benzene rings is 1. The Balaban J connectivity index is 2.21. The Morgan fingerprint density at radius 1 is 1.15 bits per heavy atom. The molecule has 0 saturated carbocycles. The highest BCUT2D eigenvalue weighted by atomic mass is 19.4. The normalized spacial score (nSPS) is 20.1. The third-order valence-electron chi connectivity index (χ3n) is 4.87.